The molecule has 162 valence electrons. The molecule has 0 saturated heterocycles. The van der Waals surface area contributed by atoms with Crippen LogP contribution in [0.5, 0.6) is 0 Å². The number of rotatable bonds is 5. The van der Waals surface area contributed by atoms with Crippen molar-refractivity contribution < 1.29 is 18.0 Å². The number of aryl methyl sites for hydroxylation is 1. The number of alkyl halides is 3. The first-order chi connectivity index (χ1) is 15.3. The molecule has 32 heavy (non-hydrogen) atoms. The Labute approximate surface area is 187 Å². The van der Waals surface area contributed by atoms with Crippen LogP contribution in [0.4, 0.5) is 13.2 Å². The van der Waals surface area contributed by atoms with Crippen LogP contribution in [0.15, 0.2) is 78.2 Å². The average Bonchev–Trinajstić information content (AvgIpc) is 3.28. The summed E-state index contributed by atoms with van der Waals surface area (Å²) in [5, 5.41) is 5.44. The van der Waals surface area contributed by atoms with E-state index in [1.54, 1.807) is 0 Å². The molecule has 1 amide bonds. The van der Waals surface area contributed by atoms with E-state index in [2.05, 4.69) is 5.32 Å². The van der Waals surface area contributed by atoms with Crippen LogP contribution in [0.2, 0.25) is 0 Å². The van der Waals surface area contributed by atoms with E-state index >= 15 is 0 Å². The molecule has 0 unspecified atom stereocenters. The predicted octanol–water partition coefficient (Wildman–Crippen LogP) is 6.73. The van der Waals surface area contributed by atoms with Gasteiger partial charge in [-0.25, -0.2) is 4.98 Å². The minimum absolute atomic E-state index is 0.123. The maximum Gasteiger partial charge on any atom is 0.417 e. The topological polar surface area (TPSA) is 42.0 Å². The summed E-state index contributed by atoms with van der Waals surface area (Å²) >= 11 is 1.54. The summed E-state index contributed by atoms with van der Waals surface area (Å²) in [5.74, 6) is -0.760. The number of carbonyl (C=O) groups excluding carboxylic acids is 1. The summed E-state index contributed by atoms with van der Waals surface area (Å²) in [5.41, 5.74) is 3.53. The van der Waals surface area contributed by atoms with E-state index in [1.165, 1.54) is 35.1 Å². The molecule has 4 aromatic rings. The normalized spacial score (nSPS) is 11.4. The lowest BCUT2D eigenvalue weighted by atomic mass is 10.1. The summed E-state index contributed by atoms with van der Waals surface area (Å²) in [4.78, 5) is 17.0. The second kappa shape index (κ2) is 8.96. The molecular weight excluding hydrogens is 433 g/mol. The molecule has 0 atom stereocenters. The van der Waals surface area contributed by atoms with Gasteiger partial charge in [0.25, 0.3) is 5.91 Å². The van der Waals surface area contributed by atoms with Crippen molar-refractivity contribution in [2.75, 3.05) is 0 Å². The fourth-order valence-electron chi connectivity index (χ4n) is 3.23. The summed E-state index contributed by atoms with van der Waals surface area (Å²) in [6.07, 6.45) is -4.58. The standard InChI is InChI=1S/C25H19F3N2OS/c1-16-6-10-18(11-7-16)22-15-32-24(30-22)19-12-8-17(9-13-19)14-29-23(31)20-4-2-3-5-21(20)25(26,27)28/h2-13,15H,14H2,1H3,(H,29,31). The zero-order valence-electron chi connectivity index (χ0n) is 17.1. The van der Waals surface area contributed by atoms with E-state index in [0.717, 1.165) is 33.5 Å². The lowest BCUT2D eigenvalue weighted by Gasteiger charge is -2.12. The molecule has 0 bridgehead atoms. The number of halogens is 3. The Balaban J connectivity index is 1.43. The molecule has 7 heteroatoms. The van der Waals surface area contributed by atoms with E-state index in [-0.39, 0.29) is 12.1 Å². The Bertz CT molecular complexity index is 1230. The fraction of sp³-hybridized carbons (Fsp3) is 0.120. The molecular formula is C25H19F3N2OS. The van der Waals surface area contributed by atoms with Crippen molar-refractivity contribution in [3.8, 4) is 21.8 Å². The number of thiazole rings is 1. The summed E-state index contributed by atoms with van der Waals surface area (Å²) in [6.45, 7) is 2.16. The van der Waals surface area contributed by atoms with Crippen LogP contribution in [-0.2, 0) is 12.7 Å². The average molecular weight is 453 g/mol. The largest absolute Gasteiger partial charge is 0.417 e. The Morgan fingerprint density at radius 1 is 0.938 bits per heavy atom. The van der Waals surface area contributed by atoms with Crippen LogP contribution < -0.4 is 5.32 Å². The smallest absolute Gasteiger partial charge is 0.348 e. The van der Waals surface area contributed by atoms with Crippen LogP contribution in [0, 0.1) is 6.92 Å². The first-order valence-corrected chi connectivity index (χ1v) is 10.8. The SMILES string of the molecule is Cc1ccc(-c2csc(-c3ccc(CNC(=O)c4ccccc4C(F)(F)F)cc3)n2)cc1. The van der Waals surface area contributed by atoms with Crippen LogP contribution in [0.25, 0.3) is 21.8 Å². The summed E-state index contributed by atoms with van der Waals surface area (Å²) in [7, 11) is 0. The second-order valence-electron chi connectivity index (χ2n) is 7.33. The molecule has 0 aliphatic rings. The number of carbonyl (C=O) groups is 1. The summed E-state index contributed by atoms with van der Waals surface area (Å²) < 4.78 is 39.4. The van der Waals surface area contributed by atoms with Gasteiger partial charge in [0.1, 0.15) is 5.01 Å². The van der Waals surface area contributed by atoms with Crippen molar-refractivity contribution in [1.29, 1.82) is 0 Å². The molecule has 4 rings (SSSR count). The van der Waals surface area contributed by atoms with Gasteiger partial charge in [-0.1, -0.05) is 66.2 Å². The highest BCUT2D eigenvalue weighted by molar-refractivity contribution is 7.13. The van der Waals surface area contributed by atoms with E-state index < -0.39 is 17.6 Å². The molecule has 0 aliphatic carbocycles. The zero-order chi connectivity index (χ0) is 22.7. The highest BCUT2D eigenvalue weighted by atomic mass is 32.1. The number of amides is 1. The van der Waals surface area contributed by atoms with Crippen LogP contribution in [-0.4, -0.2) is 10.9 Å². The Hall–Kier alpha value is -3.45. The number of nitrogens with one attached hydrogen (secondary N) is 1. The third-order valence-corrected chi connectivity index (χ3v) is 5.87. The molecule has 0 saturated carbocycles. The molecule has 0 radical (unpaired) electrons. The lowest BCUT2D eigenvalue weighted by Crippen LogP contribution is -2.25. The Morgan fingerprint density at radius 3 is 2.28 bits per heavy atom. The van der Waals surface area contributed by atoms with Crippen molar-refractivity contribution >= 4 is 17.2 Å². The van der Waals surface area contributed by atoms with Gasteiger partial charge in [-0.15, -0.1) is 11.3 Å². The first kappa shape index (κ1) is 21.8. The van der Waals surface area contributed by atoms with Gasteiger partial charge in [-0.2, -0.15) is 13.2 Å². The Morgan fingerprint density at radius 2 is 1.59 bits per heavy atom. The van der Waals surface area contributed by atoms with E-state index in [1.807, 2.05) is 60.8 Å². The molecule has 3 aromatic carbocycles. The van der Waals surface area contributed by atoms with Gasteiger partial charge in [0, 0.05) is 23.1 Å². The molecule has 1 N–H and O–H groups in total. The zero-order valence-corrected chi connectivity index (χ0v) is 17.9. The number of nitrogens with zero attached hydrogens (tertiary/aromatic N) is 1. The first-order valence-electron chi connectivity index (χ1n) is 9.87. The van der Waals surface area contributed by atoms with Gasteiger partial charge >= 0.3 is 6.18 Å². The van der Waals surface area contributed by atoms with Gasteiger partial charge in [-0.3, -0.25) is 4.79 Å². The van der Waals surface area contributed by atoms with Crippen molar-refractivity contribution in [2.24, 2.45) is 0 Å². The van der Waals surface area contributed by atoms with Gasteiger partial charge in [0.2, 0.25) is 0 Å². The minimum atomic E-state index is -4.58. The molecule has 0 aliphatic heterocycles. The highest BCUT2D eigenvalue weighted by Crippen LogP contribution is 2.32. The molecule has 0 fully saturated rings. The van der Waals surface area contributed by atoms with Gasteiger partial charge < -0.3 is 5.32 Å². The van der Waals surface area contributed by atoms with Crippen molar-refractivity contribution in [1.82, 2.24) is 10.3 Å². The van der Waals surface area contributed by atoms with Crippen molar-refractivity contribution in [3.05, 3.63) is 100 Å². The number of hydrogen-bond donors (Lipinski definition) is 1. The third-order valence-electron chi connectivity index (χ3n) is 4.98. The van der Waals surface area contributed by atoms with Gasteiger partial charge in [0.15, 0.2) is 0 Å². The van der Waals surface area contributed by atoms with Gasteiger partial charge in [0.05, 0.1) is 16.8 Å². The predicted molar refractivity (Wildman–Crippen MR) is 120 cm³/mol. The maximum absolute atomic E-state index is 13.1. The fourth-order valence-corrected chi connectivity index (χ4v) is 4.07. The number of benzene rings is 3. The number of hydrogen-bond acceptors (Lipinski definition) is 3. The van der Waals surface area contributed by atoms with Crippen LogP contribution in [0.1, 0.15) is 27.0 Å². The van der Waals surface area contributed by atoms with Crippen LogP contribution >= 0.6 is 11.3 Å². The quantitative estimate of drug-likeness (QED) is 0.365. The van der Waals surface area contributed by atoms with E-state index in [4.69, 9.17) is 4.98 Å². The van der Waals surface area contributed by atoms with Crippen LogP contribution in [0.3, 0.4) is 0 Å². The molecule has 1 aromatic heterocycles. The number of aromatic nitrogens is 1. The molecule has 3 nitrogen and oxygen atoms in total. The highest BCUT2D eigenvalue weighted by Gasteiger charge is 2.34. The Kier molecular flexibility index (Phi) is 6.10. The van der Waals surface area contributed by atoms with E-state index in [9.17, 15) is 18.0 Å². The minimum Gasteiger partial charge on any atom is -0.348 e. The second-order valence-corrected chi connectivity index (χ2v) is 8.18. The summed E-state index contributed by atoms with van der Waals surface area (Å²) in [6, 6.07) is 20.4. The van der Waals surface area contributed by atoms with Crippen molar-refractivity contribution in [3.63, 3.8) is 0 Å². The third kappa shape index (κ3) is 4.89. The van der Waals surface area contributed by atoms with E-state index in [0.29, 0.717) is 0 Å². The van der Waals surface area contributed by atoms with Crippen molar-refractivity contribution in [2.45, 2.75) is 19.6 Å². The molecule has 0 spiro atoms. The van der Waals surface area contributed by atoms with Gasteiger partial charge in [-0.05, 0) is 24.6 Å². The molecule has 1 heterocycles. The lowest BCUT2D eigenvalue weighted by molar-refractivity contribution is -0.137. The monoisotopic (exact) mass is 452 g/mol. The maximum atomic E-state index is 13.1.